The Bertz CT molecular complexity index is 333. The van der Waals surface area contributed by atoms with Crippen LogP contribution in [0.1, 0.15) is 5.56 Å². The Kier molecular flexibility index (Phi) is 3.56. The third-order valence-corrected chi connectivity index (χ3v) is 1.72. The Morgan fingerprint density at radius 3 is 2.85 bits per heavy atom. The van der Waals surface area contributed by atoms with E-state index in [-0.39, 0.29) is 6.79 Å². The molecule has 0 fully saturated rings. The number of nitriles is 1. The number of benzene rings is 1. The smallest absolute Gasteiger partial charge is 0.188 e. The summed E-state index contributed by atoms with van der Waals surface area (Å²) in [5.74, 6) is 0.589. The molecule has 68 valence electrons. The third-order valence-electron chi connectivity index (χ3n) is 1.40. The first-order valence-electron chi connectivity index (χ1n) is 3.59. The Morgan fingerprint density at radius 1 is 1.54 bits per heavy atom. The van der Waals surface area contributed by atoms with E-state index in [1.165, 1.54) is 7.11 Å². The van der Waals surface area contributed by atoms with Crippen LogP contribution < -0.4 is 4.74 Å². The maximum absolute atomic E-state index is 8.59. The molecule has 1 aromatic rings. The van der Waals surface area contributed by atoms with Crippen LogP contribution in [0.25, 0.3) is 0 Å². The van der Waals surface area contributed by atoms with Crippen molar-refractivity contribution >= 4 is 11.6 Å². The van der Waals surface area contributed by atoms with Crippen LogP contribution in [0.5, 0.6) is 5.75 Å². The maximum atomic E-state index is 8.59. The highest BCUT2D eigenvalue weighted by Gasteiger charge is 2.00. The zero-order valence-electron chi connectivity index (χ0n) is 7.08. The highest BCUT2D eigenvalue weighted by molar-refractivity contribution is 6.31. The molecule has 3 nitrogen and oxygen atoms in total. The van der Waals surface area contributed by atoms with Crippen LogP contribution in [0.3, 0.4) is 0 Å². The molecule has 0 saturated carbocycles. The predicted octanol–water partition coefficient (Wildman–Crippen LogP) is 2.19. The topological polar surface area (TPSA) is 42.2 Å². The number of rotatable bonds is 3. The molecule has 0 aromatic heterocycles. The molecule has 0 unspecified atom stereocenters. The predicted molar refractivity (Wildman–Crippen MR) is 48.7 cm³/mol. The van der Waals surface area contributed by atoms with E-state index in [1.807, 2.05) is 6.07 Å². The van der Waals surface area contributed by atoms with Crippen molar-refractivity contribution in [1.29, 1.82) is 5.26 Å². The third kappa shape index (κ3) is 2.62. The minimum absolute atomic E-state index is 0.169. The average molecular weight is 198 g/mol. The van der Waals surface area contributed by atoms with Gasteiger partial charge >= 0.3 is 0 Å². The molecule has 0 aliphatic rings. The van der Waals surface area contributed by atoms with Crippen LogP contribution in [-0.4, -0.2) is 13.9 Å². The minimum atomic E-state index is 0.169. The molecule has 0 bridgehead atoms. The van der Waals surface area contributed by atoms with E-state index in [2.05, 4.69) is 0 Å². The quantitative estimate of drug-likeness (QED) is 0.698. The summed E-state index contributed by atoms with van der Waals surface area (Å²) in [5, 5.41) is 8.97. The number of methoxy groups -OCH3 is 1. The molecule has 1 rings (SSSR count). The van der Waals surface area contributed by atoms with Gasteiger partial charge in [-0.2, -0.15) is 5.26 Å². The first-order valence-corrected chi connectivity index (χ1v) is 3.97. The summed E-state index contributed by atoms with van der Waals surface area (Å²) >= 11 is 5.77. The number of hydrogen-bond acceptors (Lipinski definition) is 3. The maximum Gasteiger partial charge on any atom is 0.188 e. The summed E-state index contributed by atoms with van der Waals surface area (Å²) in [6.07, 6.45) is 0. The number of hydrogen-bond donors (Lipinski definition) is 0. The molecule has 0 atom stereocenters. The second-order valence-electron chi connectivity index (χ2n) is 2.30. The molecule has 0 aliphatic heterocycles. The van der Waals surface area contributed by atoms with Crippen molar-refractivity contribution in [2.24, 2.45) is 0 Å². The highest BCUT2D eigenvalue weighted by Crippen LogP contribution is 2.21. The van der Waals surface area contributed by atoms with Crippen molar-refractivity contribution in [2.45, 2.75) is 0 Å². The normalized spacial score (nSPS) is 9.31. The zero-order valence-corrected chi connectivity index (χ0v) is 7.84. The molecule has 0 spiro atoms. The van der Waals surface area contributed by atoms with E-state index >= 15 is 0 Å². The van der Waals surface area contributed by atoms with Gasteiger partial charge in [0.05, 0.1) is 10.6 Å². The van der Waals surface area contributed by atoms with Gasteiger partial charge in [-0.15, -0.1) is 0 Å². The van der Waals surface area contributed by atoms with Crippen molar-refractivity contribution in [3.8, 4) is 11.8 Å². The van der Waals surface area contributed by atoms with Crippen molar-refractivity contribution in [3.05, 3.63) is 28.8 Å². The lowest BCUT2D eigenvalue weighted by Crippen LogP contribution is -1.98. The lowest BCUT2D eigenvalue weighted by Gasteiger charge is -2.04. The molecule has 0 saturated heterocycles. The molecular weight excluding hydrogens is 190 g/mol. The van der Waals surface area contributed by atoms with Crippen LogP contribution in [0.15, 0.2) is 18.2 Å². The van der Waals surface area contributed by atoms with Gasteiger partial charge in [-0.25, -0.2) is 0 Å². The van der Waals surface area contributed by atoms with Gasteiger partial charge in [0.1, 0.15) is 11.8 Å². The van der Waals surface area contributed by atoms with Crippen LogP contribution in [0.2, 0.25) is 5.02 Å². The van der Waals surface area contributed by atoms with Crippen molar-refractivity contribution in [3.63, 3.8) is 0 Å². The fourth-order valence-corrected chi connectivity index (χ4v) is 1.02. The van der Waals surface area contributed by atoms with Crippen LogP contribution >= 0.6 is 11.6 Å². The van der Waals surface area contributed by atoms with Crippen molar-refractivity contribution in [2.75, 3.05) is 13.9 Å². The van der Waals surface area contributed by atoms with Gasteiger partial charge in [-0.3, -0.25) is 0 Å². The van der Waals surface area contributed by atoms with E-state index in [0.717, 1.165) is 0 Å². The van der Waals surface area contributed by atoms with Gasteiger partial charge < -0.3 is 9.47 Å². The van der Waals surface area contributed by atoms with Gasteiger partial charge in [0.25, 0.3) is 0 Å². The second-order valence-corrected chi connectivity index (χ2v) is 2.71. The lowest BCUT2D eigenvalue weighted by atomic mass is 10.2. The summed E-state index contributed by atoms with van der Waals surface area (Å²) < 4.78 is 9.83. The van der Waals surface area contributed by atoms with E-state index in [9.17, 15) is 0 Å². The largest absolute Gasteiger partial charge is 0.468 e. The Morgan fingerprint density at radius 2 is 2.31 bits per heavy atom. The summed E-state index contributed by atoms with van der Waals surface area (Å²) in [7, 11) is 1.53. The first kappa shape index (κ1) is 9.85. The zero-order chi connectivity index (χ0) is 9.68. The van der Waals surface area contributed by atoms with Gasteiger partial charge in [-0.05, 0) is 12.1 Å². The van der Waals surface area contributed by atoms with Gasteiger partial charge in [0, 0.05) is 13.2 Å². The summed E-state index contributed by atoms with van der Waals surface area (Å²) in [6, 6.07) is 6.82. The summed E-state index contributed by atoms with van der Waals surface area (Å²) in [5.41, 5.74) is 0.437. The van der Waals surface area contributed by atoms with Crippen LogP contribution in [0, 0.1) is 11.3 Å². The van der Waals surface area contributed by atoms with E-state index < -0.39 is 0 Å². The number of ether oxygens (including phenoxy) is 2. The standard InChI is InChI=1S/C9H8ClNO2/c1-12-6-13-8-3-2-7(5-11)9(10)4-8/h2-4H,6H2,1H3. The molecule has 0 aliphatic carbocycles. The Balaban J connectivity index is 2.79. The van der Waals surface area contributed by atoms with Gasteiger partial charge in [0.15, 0.2) is 6.79 Å². The van der Waals surface area contributed by atoms with E-state index in [1.54, 1.807) is 18.2 Å². The number of nitrogens with zero attached hydrogens (tertiary/aromatic N) is 1. The molecule has 0 radical (unpaired) electrons. The lowest BCUT2D eigenvalue weighted by molar-refractivity contribution is 0.0511. The Hall–Kier alpha value is -1.24. The molecule has 0 amide bonds. The minimum Gasteiger partial charge on any atom is -0.468 e. The first-order chi connectivity index (χ1) is 6.27. The number of halogens is 1. The fraction of sp³-hybridized carbons (Fsp3) is 0.222. The van der Waals surface area contributed by atoms with Crippen LogP contribution in [-0.2, 0) is 4.74 Å². The van der Waals surface area contributed by atoms with Crippen LogP contribution in [0.4, 0.5) is 0 Å². The molecular formula is C9H8ClNO2. The second kappa shape index (κ2) is 4.70. The van der Waals surface area contributed by atoms with Crippen molar-refractivity contribution in [1.82, 2.24) is 0 Å². The fourth-order valence-electron chi connectivity index (χ4n) is 0.803. The molecule has 4 heteroatoms. The molecule has 0 N–H and O–H groups in total. The molecule has 0 heterocycles. The molecule has 13 heavy (non-hydrogen) atoms. The van der Waals surface area contributed by atoms with Gasteiger partial charge in [-0.1, -0.05) is 11.6 Å². The Labute approximate surface area is 81.4 Å². The van der Waals surface area contributed by atoms with E-state index in [0.29, 0.717) is 16.3 Å². The van der Waals surface area contributed by atoms with Crippen molar-refractivity contribution < 1.29 is 9.47 Å². The molecule has 1 aromatic carbocycles. The van der Waals surface area contributed by atoms with Gasteiger partial charge in [0.2, 0.25) is 0 Å². The summed E-state index contributed by atoms with van der Waals surface area (Å²) in [4.78, 5) is 0. The van der Waals surface area contributed by atoms with E-state index in [4.69, 9.17) is 26.3 Å². The summed E-state index contributed by atoms with van der Waals surface area (Å²) in [6.45, 7) is 0.169. The SMILES string of the molecule is COCOc1ccc(C#N)c(Cl)c1. The highest BCUT2D eigenvalue weighted by atomic mass is 35.5. The average Bonchev–Trinajstić information content (AvgIpc) is 2.15. The monoisotopic (exact) mass is 197 g/mol.